The number of para-hydroxylation sites is 1. The first-order valence-electron chi connectivity index (χ1n) is 8.63. The van der Waals surface area contributed by atoms with Gasteiger partial charge in [-0.25, -0.2) is 14.6 Å². The highest BCUT2D eigenvalue weighted by molar-refractivity contribution is 7.13. The summed E-state index contributed by atoms with van der Waals surface area (Å²) in [6.07, 6.45) is 1.30. The zero-order valence-electron chi connectivity index (χ0n) is 15.3. The minimum Gasteiger partial charge on any atom is -0.486 e. The van der Waals surface area contributed by atoms with E-state index in [-0.39, 0.29) is 12.2 Å². The number of carbonyl (C=O) groups excluding carboxylic acids is 1. The minimum atomic E-state index is -0.433. The van der Waals surface area contributed by atoms with E-state index in [9.17, 15) is 9.59 Å². The number of fused-ring (bicyclic) bond motifs is 1. The van der Waals surface area contributed by atoms with Crippen molar-refractivity contribution in [3.8, 4) is 5.75 Å². The van der Waals surface area contributed by atoms with Gasteiger partial charge in [-0.3, -0.25) is 15.0 Å². The average Bonchev–Trinajstić information content (AvgIpc) is 3.10. The van der Waals surface area contributed by atoms with E-state index in [0.717, 1.165) is 4.68 Å². The molecule has 0 atom stereocenters. The molecule has 0 aliphatic carbocycles. The van der Waals surface area contributed by atoms with E-state index < -0.39 is 5.91 Å². The maximum atomic E-state index is 12.7. The molecule has 0 saturated carbocycles. The van der Waals surface area contributed by atoms with Gasteiger partial charge < -0.3 is 4.74 Å². The molecule has 0 aliphatic heterocycles. The van der Waals surface area contributed by atoms with Gasteiger partial charge in [0, 0.05) is 5.02 Å². The van der Waals surface area contributed by atoms with Crippen LogP contribution >= 0.6 is 22.9 Å². The fourth-order valence-electron chi connectivity index (χ4n) is 2.71. The lowest BCUT2D eigenvalue weighted by atomic mass is 10.2. The molecule has 1 amide bonds. The number of amides is 1. The maximum absolute atomic E-state index is 12.7. The van der Waals surface area contributed by atoms with Crippen LogP contribution in [0.3, 0.4) is 0 Å². The van der Waals surface area contributed by atoms with Crippen molar-refractivity contribution >= 4 is 39.7 Å². The number of carbonyl (C=O) groups is 1. The van der Waals surface area contributed by atoms with Crippen molar-refractivity contribution in [3.63, 3.8) is 0 Å². The third-order valence-electron chi connectivity index (χ3n) is 4.11. The first-order chi connectivity index (χ1) is 14.0. The Morgan fingerprint density at radius 2 is 1.97 bits per heavy atom. The van der Waals surface area contributed by atoms with Crippen LogP contribution in [0.5, 0.6) is 5.75 Å². The van der Waals surface area contributed by atoms with Crippen molar-refractivity contribution in [3.05, 3.63) is 85.8 Å². The van der Waals surface area contributed by atoms with E-state index in [1.165, 1.54) is 17.7 Å². The number of benzene rings is 2. The highest BCUT2D eigenvalue weighted by Gasteiger charge is 2.17. The van der Waals surface area contributed by atoms with Gasteiger partial charge in [0.1, 0.15) is 28.6 Å². The van der Waals surface area contributed by atoms with Crippen LogP contribution in [0.4, 0.5) is 0 Å². The summed E-state index contributed by atoms with van der Waals surface area (Å²) in [4.78, 5) is 34.2. The number of hydrogen-bond donors (Lipinski definition) is 1. The van der Waals surface area contributed by atoms with Gasteiger partial charge in [0.15, 0.2) is 0 Å². The highest BCUT2D eigenvalue weighted by atomic mass is 35.5. The summed E-state index contributed by atoms with van der Waals surface area (Å²) < 4.78 is 6.75. The third kappa shape index (κ3) is 4.13. The molecule has 4 aromatic rings. The van der Waals surface area contributed by atoms with Crippen molar-refractivity contribution in [2.24, 2.45) is 0 Å². The Labute approximate surface area is 174 Å². The van der Waals surface area contributed by atoms with Crippen LogP contribution in [0.1, 0.15) is 20.4 Å². The molecular weight excluding hydrogens is 412 g/mol. The monoisotopic (exact) mass is 426 g/mol. The van der Waals surface area contributed by atoms with Crippen LogP contribution in [-0.4, -0.2) is 20.6 Å². The molecule has 1 N–H and O–H groups in total. The van der Waals surface area contributed by atoms with Gasteiger partial charge in [0.2, 0.25) is 0 Å². The van der Waals surface area contributed by atoms with Gasteiger partial charge in [-0.05, 0) is 43.3 Å². The van der Waals surface area contributed by atoms with Crippen LogP contribution in [0, 0.1) is 6.92 Å². The van der Waals surface area contributed by atoms with E-state index in [4.69, 9.17) is 16.3 Å². The molecule has 146 valence electrons. The van der Waals surface area contributed by atoms with Gasteiger partial charge in [0.05, 0.1) is 16.6 Å². The molecule has 9 heteroatoms. The first-order valence-corrected chi connectivity index (χ1v) is 9.83. The SMILES string of the molecule is Cc1nc(COc2ccc(Cl)cc2)sc1C(=O)Nn1cnc2ccccc2c1=O. The predicted octanol–water partition coefficient (Wildman–Crippen LogP) is 3.78. The molecule has 7 nitrogen and oxygen atoms in total. The summed E-state index contributed by atoms with van der Waals surface area (Å²) in [5, 5.41) is 1.69. The molecule has 2 aromatic heterocycles. The van der Waals surface area contributed by atoms with E-state index in [1.807, 2.05) is 0 Å². The zero-order chi connectivity index (χ0) is 20.4. The lowest BCUT2D eigenvalue weighted by Crippen LogP contribution is -2.33. The fourth-order valence-corrected chi connectivity index (χ4v) is 3.70. The average molecular weight is 427 g/mol. The van der Waals surface area contributed by atoms with E-state index in [1.54, 1.807) is 55.5 Å². The molecule has 2 heterocycles. The zero-order valence-corrected chi connectivity index (χ0v) is 16.8. The lowest BCUT2D eigenvalue weighted by molar-refractivity contribution is 0.101. The predicted molar refractivity (Wildman–Crippen MR) is 112 cm³/mol. The number of rotatable bonds is 5. The second-order valence-electron chi connectivity index (χ2n) is 6.14. The molecule has 29 heavy (non-hydrogen) atoms. The number of ether oxygens (including phenoxy) is 1. The van der Waals surface area contributed by atoms with Crippen LogP contribution in [0.15, 0.2) is 59.7 Å². The van der Waals surface area contributed by atoms with Gasteiger partial charge in [-0.15, -0.1) is 11.3 Å². The molecule has 2 aromatic carbocycles. The van der Waals surface area contributed by atoms with Crippen LogP contribution < -0.4 is 15.7 Å². The summed E-state index contributed by atoms with van der Waals surface area (Å²) in [6, 6.07) is 13.9. The lowest BCUT2D eigenvalue weighted by Gasteiger charge is -2.07. The quantitative estimate of drug-likeness (QED) is 0.525. The fraction of sp³-hybridized carbons (Fsp3) is 0.100. The van der Waals surface area contributed by atoms with E-state index in [2.05, 4.69) is 15.4 Å². The first kappa shape index (κ1) is 19.1. The molecule has 0 aliphatic rings. The minimum absolute atomic E-state index is 0.220. The molecule has 0 unspecified atom stereocenters. The molecule has 0 bridgehead atoms. The Hall–Kier alpha value is -3.23. The number of thiazole rings is 1. The highest BCUT2D eigenvalue weighted by Crippen LogP contribution is 2.21. The normalized spacial score (nSPS) is 10.8. The Bertz CT molecular complexity index is 1250. The molecule has 0 saturated heterocycles. The summed E-state index contributed by atoms with van der Waals surface area (Å²) in [5.74, 6) is 0.221. The largest absolute Gasteiger partial charge is 0.486 e. The van der Waals surface area contributed by atoms with Gasteiger partial charge in [0.25, 0.3) is 11.5 Å². The molecule has 4 rings (SSSR count). The Balaban J connectivity index is 1.50. The van der Waals surface area contributed by atoms with Crippen molar-refractivity contribution in [1.29, 1.82) is 0 Å². The standard InChI is InChI=1S/C20H15ClN4O3S/c1-12-18(29-17(23-12)10-28-14-8-6-13(21)7-9-14)19(26)24-25-11-22-16-5-3-2-4-15(16)20(25)27/h2-9,11H,10H2,1H3,(H,24,26). The molecular formula is C20H15ClN4O3S. The van der Waals surface area contributed by atoms with Crippen molar-refractivity contribution in [2.75, 3.05) is 5.43 Å². The summed E-state index contributed by atoms with van der Waals surface area (Å²) in [7, 11) is 0. The van der Waals surface area contributed by atoms with Gasteiger partial charge >= 0.3 is 0 Å². The van der Waals surface area contributed by atoms with Crippen molar-refractivity contribution < 1.29 is 9.53 Å². The van der Waals surface area contributed by atoms with Crippen molar-refractivity contribution in [1.82, 2.24) is 14.6 Å². The maximum Gasteiger partial charge on any atom is 0.282 e. The van der Waals surface area contributed by atoms with Gasteiger partial charge in [-0.2, -0.15) is 0 Å². The Morgan fingerprint density at radius 1 is 1.21 bits per heavy atom. The number of halogens is 1. The van der Waals surface area contributed by atoms with Crippen LogP contribution in [-0.2, 0) is 6.61 Å². The van der Waals surface area contributed by atoms with Crippen LogP contribution in [0.25, 0.3) is 10.9 Å². The number of hydrogen-bond acceptors (Lipinski definition) is 6. The van der Waals surface area contributed by atoms with E-state index >= 15 is 0 Å². The summed E-state index contributed by atoms with van der Waals surface area (Å²) in [6.45, 7) is 1.95. The topological polar surface area (TPSA) is 86.1 Å². The van der Waals surface area contributed by atoms with Crippen LogP contribution in [0.2, 0.25) is 5.02 Å². The molecule has 0 radical (unpaired) electrons. The molecule has 0 fully saturated rings. The number of aromatic nitrogens is 3. The smallest absolute Gasteiger partial charge is 0.282 e. The number of nitrogens with one attached hydrogen (secondary N) is 1. The number of nitrogens with zero attached hydrogens (tertiary/aromatic N) is 3. The Morgan fingerprint density at radius 3 is 2.76 bits per heavy atom. The molecule has 0 spiro atoms. The Kier molecular flexibility index (Phi) is 5.28. The number of aryl methyl sites for hydroxylation is 1. The summed E-state index contributed by atoms with van der Waals surface area (Å²) in [5.41, 5.74) is 3.35. The second kappa shape index (κ2) is 8.02. The van der Waals surface area contributed by atoms with Crippen molar-refractivity contribution in [2.45, 2.75) is 13.5 Å². The third-order valence-corrected chi connectivity index (χ3v) is 5.49. The second-order valence-corrected chi connectivity index (χ2v) is 7.66. The summed E-state index contributed by atoms with van der Waals surface area (Å²) >= 11 is 7.07. The van der Waals surface area contributed by atoms with Gasteiger partial charge in [-0.1, -0.05) is 23.7 Å². The van der Waals surface area contributed by atoms with E-state index in [0.29, 0.717) is 37.3 Å².